The lowest BCUT2D eigenvalue weighted by atomic mass is 10.1. The molecule has 0 amide bonds. The molecule has 0 aliphatic rings. The van der Waals surface area contributed by atoms with Crippen molar-refractivity contribution in [2.75, 3.05) is 11.9 Å². The number of esters is 1. The van der Waals surface area contributed by atoms with E-state index in [0.29, 0.717) is 12.2 Å². The van der Waals surface area contributed by atoms with Crippen molar-refractivity contribution in [1.82, 2.24) is 4.98 Å². The van der Waals surface area contributed by atoms with Crippen LogP contribution in [0.4, 0.5) is 5.69 Å². The van der Waals surface area contributed by atoms with Crippen LogP contribution in [0, 0.1) is 0 Å². The van der Waals surface area contributed by atoms with Crippen LogP contribution in [0.2, 0.25) is 0 Å². The van der Waals surface area contributed by atoms with E-state index in [4.69, 9.17) is 4.74 Å². The van der Waals surface area contributed by atoms with E-state index < -0.39 is 0 Å². The lowest BCUT2D eigenvalue weighted by Crippen LogP contribution is -2.15. The Morgan fingerprint density at radius 1 is 1.37 bits per heavy atom. The molecule has 0 aliphatic heterocycles. The van der Waals surface area contributed by atoms with Gasteiger partial charge < -0.3 is 10.1 Å². The Hall–Kier alpha value is -2.10. The normalized spacial score (nSPS) is 10.7. The van der Waals surface area contributed by atoms with Gasteiger partial charge in [-0.3, -0.25) is 4.98 Å². The summed E-state index contributed by atoms with van der Waals surface area (Å²) in [6.07, 6.45) is 1.57. The number of carbonyl (C=O) groups is 1. The third-order valence-corrected chi connectivity index (χ3v) is 2.70. The van der Waals surface area contributed by atoms with Gasteiger partial charge in [0.15, 0.2) is 0 Å². The van der Waals surface area contributed by atoms with E-state index in [2.05, 4.69) is 10.3 Å². The fourth-order valence-electron chi connectivity index (χ4n) is 1.95. The van der Waals surface area contributed by atoms with Gasteiger partial charge >= 0.3 is 5.97 Å². The van der Waals surface area contributed by atoms with Crippen LogP contribution in [0.3, 0.4) is 0 Å². The third-order valence-electron chi connectivity index (χ3n) is 2.70. The van der Waals surface area contributed by atoms with Crippen LogP contribution in [0.5, 0.6) is 0 Å². The van der Waals surface area contributed by atoms with Gasteiger partial charge in [-0.2, -0.15) is 0 Å². The first kappa shape index (κ1) is 13.3. The Morgan fingerprint density at radius 2 is 2.11 bits per heavy atom. The van der Waals surface area contributed by atoms with Crippen LogP contribution in [0.25, 0.3) is 10.9 Å². The molecule has 4 heteroatoms. The Balaban J connectivity index is 2.59. The molecular weight excluding hydrogens is 240 g/mol. The first-order chi connectivity index (χ1) is 9.13. The number of hydrogen-bond acceptors (Lipinski definition) is 4. The molecule has 0 unspecified atom stereocenters. The Labute approximate surface area is 112 Å². The van der Waals surface area contributed by atoms with Gasteiger partial charge in [0.2, 0.25) is 0 Å². The summed E-state index contributed by atoms with van der Waals surface area (Å²) in [7, 11) is 0. The van der Waals surface area contributed by atoms with Crippen LogP contribution < -0.4 is 5.32 Å². The van der Waals surface area contributed by atoms with E-state index in [1.165, 1.54) is 0 Å². The number of anilines is 1. The fourth-order valence-corrected chi connectivity index (χ4v) is 1.95. The van der Waals surface area contributed by atoms with Crippen molar-refractivity contribution in [2.24, 2.45) is 0 Å². The smallest absolute Gasteiger partial charge is 0.341 e. The summed E-state index contributed by atoms with van der Waals surface area (Å²) in [5.41, 5.74) is 2.13. The van der Waals surface area contributed by atoms with Crippen molar-refractivity contribution in [3.05, 3.63) is 36.0 Å². The number of aromatic nitrogens is 1. The van der Waals surface area contributed by atoms with Gasteiger partial charge in [-0.05, 0) is 26.8 Å². The summed E-state index contributed by atoms with van der Waals surface area (Å²) in [6, 6.07) is 7.97. The van der Waals surface area contributed by atoms with Crippen molar-refractivity contribution in [1.29, 1.82) is 0 Å². The average Bonchev–Trinajstić information content (AvgIpc) is 2.38. The molecule has 0 saturated heterocycles. The summed E-state index contributed by atoms with van der Waals surface area (Å²) in [6.45, 7) is 6.21. The van der Waals surface area contributed by atoms with E-state index >= 15 is 0 Å². The summed E-state index contributed by atoms with van der Waals surface area (Å²) < 4.78 is 5.08. The first-order valence-electron chi connectivity index (χ1n) is 6.45. The van der Waals surface area contributed by atoms with E-state index in [1.54, 1.807) is 13.1 Å². The molecule has 0 spiro atoms. The number of pyridine rings is 1. The molecule has 1 N–H and O–H groups in total. The maximum Gasteiger partial charge on any atom is 0.341 e. The van der Waals surface area contributed by atoms with Crippen molar-refractivity contribution < 1.29 is 9.53 Å². The molecule has 0 atom stereocenters. The van der Waals surface area contributed by atoms with Crippen LogP contribution in [-0.4, -0.2) is 23.6 Å². The molecule has 2 rings (SSSR count). The van der Waals surface area contributed by atoms with Gasteiger partial charge in [-0.25, -0.2) is 4.79 Å². The number of rotatable bonds is 4. The zero-order valence-corrected chi connectivity index (χ0v) is 11.4. The summed E-state index contributed by atoms with van der Waals surface area (Å²) in [5.74, 6) is -0.344. The SMILES string of the molecule is CCOC(=O)c1cnc2ccccc2c1NC(C)C. The van der Waals surface area contributed by atoms with Gasteiger partial charge in [0.25, 0.3) is 0 Å². The molecule has 0 saturated carbocycles. The monoisotopic (exact) mass is 258 g/mol. The molecule has 0 aliphatic carbocycles. The summed E-state index contributed by atoms with van der Waals surface area (Å²) >= 11 is 0. The molecule has 0 fully saturated rings. The molecule has 0 radical (unpaired) electrons. The highest BCUT2D eigenvalue weighted by Crippen LogP contribution is 2.27. The second kappa shape index (κ2) is 5.69. The predicted molar refractivity (Wildman–Crippen MR) is 76.5 cm³/mol. The summed E-state index contributed by atoms with van der Waals surface area (Å²) in [4.78, 5) is 16.3. The topological polar surface area (TPSA) is 51.2 Å². The van der Waals surface area contributed by atoms with Crippen LogP contribution in [-0.2, 0) is 4.74 Å². The van der Waals surface area contributed by atoms with Crippen LogP contribution in [0.15, 0.2) is 30.5 Å². The Morgan fingerprint density at radius 3 is 2.79 bits per heavy atom. The molecule has 1 aromatic heterocycles. The van der Waals surface area contributed by atoms with Crippen molar-refractivity contribution in [3.8, 4) is 0 Å². The molecule has 100 valence electrons. The first-order valence-corrected chi connectivity index (χ1v) is 6.45. The lowest BCUT2D eigenvalue weighted by Gasteiger charge is -2.16. The number of carbonyl (C=O) groups excluding carboxylic acids is 1. The van der Waals surface area contributed by atoms with Gasteiger partial charge in [-0.1, -0.05) is 18.2 Å². The number of ether oxygens (including phenoxy) is 1. The van der Waals surface area contributed by atoms with E-state index in [9.17, 15) is 4.79 Å². The number of fused-ring (bicyclic) bond motifs is 1. The highest BCUT2D eigenvalue weighted by atomic mass is 16.5. The lowest BCUT2D eigenvalue weighted by molar-refractivity contribution is 0.0527. The molecule has 19 heavy (non-hydrogen) atoms. The molecular formula is C15H18N2O2. The third kappa shape index (κ3) is 2.84. The predicted octanol–water partition coefficient (Wildman–Crippen LogP) is 3.23. The molecule has 2 aromatic rings. The van der Waals surface area contributed by atoms with E-state index in [-0.39, 0.29) is 12.0 Å². The number of benzene rings is 1. The minimum atomic E-state index is -0.344. The maximum atomic E-state index is 12.0. The largest absolute Gasteiger partial charge is 0.462 e. The van der Waals surface area contributed by atoms with Crippen molar-refractivity contribution >= 4 is 22.6 Å². The Bertz CT molecular complexity index is 594. The molecule has 1 heterocycles. The van der Waals surface area contributed by atoms with Gasteiger partial charge in [0, 0.05) is 17.6 Å². The van der Waals surface area contributed by atoms with Crippen LogP contribution >= 0.6 is 0 Å². The minimum absolute atomic E-state index is 0.221. The van der Waals surface area contributed by atoms with Crippen molar-refractivity contribution in [3.63, 3.8) is 0 Å². The second-order valence-electron chi connectivity index (χ2n) is 4.58. The zero-order chi connectivity index (χ0) is 13.8. The molecule has 1 aromatic carbocycles. The molecule has 4 nitrogen and oxygen atoms in total. The number of nitrogens with one attached hydrogen (secondary N) is 1. The number of para-hydroxylation sites is 1. The summed E-state index contributed by atoms with van der Waals surface area (Å²) in [5, 5.41) is 4.25. The van der Waals surface area contributed by atoms with E-state index in [1.807, 2.05) is 38.1 Å². The molecule has 0 bridgehead atoms. The van der Waals surface area contributed by atoms with E-state index in [0.717, 1.165) is 16.6 Å². The number of nitrogens with zero attached hydrogens (tertiary/aromatic N) is 1. The minimum Gasteiger partial charge on any atom is -0.462 e. The van der Waals surface area contributed by atoms with Gasteiger partial charge in [0.05, 0.1) is 17.8 Å². The van der Waals surface area contributed by atoms with Gasteiger partial charge in [-0.15, -0.1) is 0 Å². The number of hydrogen-bond donors (Lipinski definition) is 1. The average molecular weight is 258 g/mol. The highest BCUT2D eigenvalue weighted by molar-refractivity contribution is 6.04. The quantitative estimate of drug-likeness (QED) is 0.855. The van der Waals surface area contributed by atoms with Crippen LogP contribution in [0.1, 0.15) is 31.1 Å². The Kier molecular flexibility index (Phi) is 4.00. The van der Waals surface area contributed by atoms with Crippen molar-refractivity contribution in [2.45, 2.75) is 26.8 Å². The highest BCUT2D eigenvalue weighted by Gasteiger charge is 2.16. The standard InChI is InChI=1S/C15H18N2O2/c1-4-19-15(18)12-9-16-13-8-6-5-7-11(13)14(12)17-10(2)3/h5-10H,4H2,1-3H3,(H,16,17). The second-order valence-corrected chi connectivity index (χ2v) is 4.58. The van der Waals surface area contributed by atoms with Gasteiger partial charge in [0.1, 0.15) is 5.56 Å². The fraction of sp³-hybridized carbons (Fsp3) is 0.333. The maximum absolute atomic E-state index is 12.0. The zero-order valence-electron chi connectivity index (χ0n) is 11.4.